The minimum atomic E-state index is -0.653. The third-order valence-corrected chi connectivity index (χ3v) is 2.68. The fourth-order valence-corrected chi connectivity index (χ4v) is 1.71. The van der Waals surface area contributed by atoms with Gasteiger partial charge in [0.1, 0.15) is 17.7 Å². The molecule has 0 heterocycles. The number of halogens is 2. The summed E-state index contributed by atoms with van der Waals surface area (Å²) in [6.07, 6.45) is -0.133. The number of anilines is 1. The van der Waals surface area contributed by atoms with Gasteiger partial charge in [-0.3, -0.25) is 4.79 Å². The van der Waals surface area contributed by atoms with Crippen molar-refractivity contribution in [2.75, 3.05) is 5.32 Å². The van der Waals surface area contributed by atoms with E-state index in [1.165, 1.54) is 30.3 Å². The Kier molecular flexibility index (Phi) is 4.06. The lowest BCUT2D eigenvalue weighted by atomic mass is 10.1. The quantitative estimate of drug-likeness (QED) is 0.933. The van der Waals surface area contributed by atoms with Gasteiger partial charge in [-0.25, -0.2) is 8.78 Å². The van der Waals surface area contributed by atoms with Gasteiger partial charge in [0, 0.05) is 5.69 Å². The number of amides is 1. The molecule has 0 saturated carbocycles. The largest absolute Gasteiger partial charge is 0.326 e. The second kappa shape index (κ2) is 5.93. The van der Waals surface area contributed by atoms with Gasteiger partial charge in [-0.2, -0.15) is 5.26 Å². The predicted octanol–water partition coefficient (Wildman–Crippen LogP) is 3.02. The van der Waals surface area contributed by atoms with E-state index in [0.717, 1.165) is 6.07 Å². The van der Waals surface area contributed by atoms with Gasteiger partial charge in [0.15, 0.2) is 0 Å². The molecule has 0 atom stereocenters. The van der Waals surface area contributed by atoms with Crippen LogP contribution in [0.4, 0.5) is 14.5 Å². The third kappa shape index (κ3) is 3.18. The molecule has 0 aromatic heterocycles. The van der Waals surface area contributed by atoms with Gasteiger partial charge < -0.3 is 5.32 Å². The zero-order valence-corrected chi connectivity index (χ0v) is 10.4. The van der Waals surface area contributed by atoms with E-state index >= 15 is 0 Å². The molecule has 0 unspecified atom stereocenters. The minimum absolute atomic E-state index is 0.133. The molecule has 20 heavy (non-hydrogen) atoms. The van der Waals surface area contributed by atoms with Crippen LogP contribution in [0.15, 0.2) is 42.5 Å². The average molecular weight is 272 g/mol. The van der Waals surface area contributed by atoms with Gasteiger partial charge in [0.25, 0.3) is 0 Å². The number of nitriles is 1. The Balaban J connectivity index is 2.09. The highest BCUT2D eigenvalue weighted by Gasteiger charge is 2.09. The van der Waals surface area contributed by atoms with Crippen molar-refractivity contribution >= 4 is 11.6 Å². The summed E-state index contributed by atoms with van der Waals surface area (Å²) < 4.78 is 26.5. The molecule has 0 aliphatic rings. The Morgan fingerprint density at radius 3 is 2.60 bits per heavy atom. The highest BCUT2D eigenvalue weighted by molar-refractivity contribution is 5.92. The molecule has 3 nitrogen and oxygen atoms in total. The van der Waals surface area contributed by atoms with E-state index in [9.17, 15) is 13.6 Å². The smallest absolute Gasteiger partial charge is 0.228 e. The number of nitrogens with zero attached hydrogens (tertiary/aromatic N) is 1. The summed E-state index contributed by atoms with van der Waals surface area (Å²) >= 11 is 0. The molecule has 5 heteroatoms. The zero-order valence-electron chi connectivity index (χ0n) is 10.4. The third-order valence-electron chi connectivity index (χ3n) is 2.68. The number of hydrogen-bond acceptors (Lipinski definition) is 2. The molecule has 2 rings (SSSR count). The first-order valence-electron chi connectivity index (χ1n) is 5.83. The van der Waals surface area contributed by atoms with Crippen LogP contribution >= 0.6 is 0 Å². The second-order valence-electron chi connectivity index (χ2n) is 4.12. The van der Waals surface area contributed by atoms with Crippen molar-refractivity contribution in [1.82, 2.24) is 0 Å². The number of carbonyl (C=O) groups is 1. The number of hydrogen-bond donors (Lipinski definition) is 1. The Morgan fingerprint density at radius 2 is 1.90 bits per heavy atom. The fourth-order valence-electron chi connectivity index (χ4n) is 1.71. The van der Waals surface area contributed by atoms with Gasteiger partial charge >= 0.3 is 0 Å². The summed E-state index contributed by atoms with van der Waals surface area (Å²) in [5.74, 6) is -1.55. The van der Waals surface area contributed by atoms with Gasteiger partial charge in [0.05, 0.1) is 12.0 Å². The molecule has 100 valence electrons. The molecular formula is C15H10F2N2O. The maximum absolute atomic E-state index is 13.4. The Labute approximate surface area is 114 Å². The zero-order chi connectivity index (χ0) is 14.5. The Hall–Kier alpha value is -2.74. The van der Waals surface area contributed by atoms with Crippen LogP contribution in [0.1, 0.15) is 11.1 Å². The maximum Gasteiger partial charge on any atom is 0.228 e. The molecular weight excluding hydrogens is 262 g/mol. The number of nitrogens with one attached hydrogen (secondary N) is 1. The molecule has 0 bridgehead atoms. The number of carbonyl (C=O) groups excluding carboxylic acids is 1. The van der Waals surface area contributed by atoms with Gasteiger partial charge in [0.2, 0.25) is 5.91 Å². The summed E-state index contributed by atoms with van der Waals surface area (Å²) in [5, 5.41) is 11.2. The summed E-state index contributed by atoms with van der Waals surface area (Å²) in [6, 6.07) is 11.3. The van der Waals surface area contributed by atoms with Crippen molar-refractivity contribution in [3.63, 3.8) is 0 Å². The summed E-state index contributed by atoms with van der Waals surface area (Å²) in [6.45, 7) is 0. The second-order valence-corrected chi connectivity index (χ2v) is 4.12. The standard InChI is InChI=1S/C15H10F2N2O/c16-13-4-2-1-3-10(13)8-15(20)19-12-5-6-14(17)11(7-12)9-18/h1-7H,8H2,(H,19,20). The van der Waals surface area contributed by atoms with Crippen LogP contribution in [-0.2, 0) is 11.2 Å². The SMILES string of the molecule is N#Cc1cc(NC(=O)Cc2ccccc2F)ccc1F. The summed E-state index contributed by atoms with van der Waals surface area (Å²) in [5.41, 5.74) is 0.408. The van der Waals surface area contributed by atoms with E-state index in [-0.39, 0.29) is 17.5 Å². The van der Waals surface area contributed by atoms with E-state index < -0.39 is 17.5 Å². The van der Waals surface area contributed by atoms with Crippen LogP contribution < -0.4 is 5.32 Å². The van der Waals surface area contributed by atoms with Crippen LogP contribution in [-0.4, -0.2) is 5.91 Å². The summed E-state index contributed by atoms with van der Waals surface area (Å²) in [7, 11) is 0. The van der Waals surface area contributed by atoms with Crippen molar-refractivity contribution < 1.29 is 13.6 Å². The normalized spacial score (nSPS) is 9.85. The van der Waals surface area contributed by atoms with E-state index in [1.807, 2.05) is 0 Å². The Morgan fingerprint density at radius 1 is 1.15 bits per heavy atom. The van der Waals surface area contributed by atoms with Crippen molar-refractivity contribution in [2.45, 2.75) is 6.42 Å². The topological polar surface area (TPSA) is 52.9 Å². The lowest BCUT2D eigenvalue weighted by Gasteiger charge is -2.06. The first-order chi connectivity index (χ1) is 9.60. The highest BCUT2D eigenvalue weighted by atomic mass is 19.1. The average Bonchev–Trinajstić information content (AvgIpc) is 2.43. The van der Waals surface area contributed by atoms with Crippen molar-refractivity contribution in [3.05, 3.63) is 65.2 Å². The molecule has 0 fully saturated rings. The van der Waals surface area contributed by atoms with E-state index in [2.05, 4.69) is 5.32 Å². The minimum Gasteiger partial charge on any atom is -0.326 e. The van der Waals surface area contributed by atoms with Crippen molar-refractivity contribution in [3.8, 4) is 6.07 Å². The van der Waals surface area contributed by atoms with Crippen molar-refractivity contribution in [1.29, 1.82) is 5.26 Å². The Bertz CT molecular complexity index is 693. The highest BCUT2D eigenvalue weighted by Crippen LogP contribution is 2.15. The van der Waals surface area contributed by atoms with Crippen LogP contribution in [0.3, 0.4) is 0 Å². The van der Waals surface area contributed by atoms with Crippen LogP contribution in [0.2, 0.25) is 0 Å². The maximum atomic E-state index is 13.4. The lowest BCUT2D eigenvalue weighted by Crippen LogP contribution is -2.15. The van der Waals surface area contributed by atoms with E-state index in [0.29, 0.717) is 5.69 Å². The monoisotopic (exact) mass is 272 g/mol. The molecule has 1 amide bonds. The number of benzene rings is 2. The van der Waals surface area contributed by atoms with Crippen LogP contribution in [0, 0.1) is 23.0 Å². The van der Waals surface area contributed by atoms with E-state index in [1.54, 1.807) is 12.1 Å². The van der Waals surface area contributed by atoms with Crippen LogP contribution in [0.5, 0.6) is 0 Å². The lowest BCUT2D eigenvalue weighted by molar-refractivity contribution is -0.115. The van der Waals surface area contributed by atoms with Gasteiger partial charge in [-0.05, 0) is 29.8 Å². The molecule has 2 aromatic rings. The number of rotatable bonds is 3. The molecule has 0 radical (unpaired) electrons. The first-order valence-corrected chi connectivity index (χ1v) is 5.83. The van der Waals surface area contributed by atoms with E-state index in [4.69, 9.17) is 5.26 Å². The first kappa shape index (κ1) is 13.7. The molecule has 0 spiro atoms. The summed E-state index contributed by atoms with van der Waals surface area (Å²) in [4.78, 5) is 11.8. The molecule has 0 aliphatic carbocycles. The molecule has 2 aromatic carbocycles. The van der Waals surface area contributed by atoms with Gasteiger partial charge in [-0.1, -0.05) is 18.2 Å². The molecule has 0 aliphatic heterocycles. The molecule has 0 saturated heterocycles. The fraction of sp³-hybridized carbons (Fsp3) is 0.0667. The molecule has 1 N–H and O–H groups in total. The predicted molar refractivity (Wildman–Crippen MR) is 69.8 cm³/mol. The van der Waals surface area contributed by atoms with Crippen molar-refractivity contribution in [2.24, 2.45) is 0 Å². The van der Waals surface area contributed by atoms with Crippen LogP contribution in [0.25, 0.3) is 0 Å². The van der Waals surface area contributed by atoms with Gasteiger partial charge in [-0.15, -0.1) is 0 Å².